The summed E-state index contributed by atoms with van der Waals surface area (Å²) >= 11 is 0. The van der Waals surface area contributed by atoms with Crippen LogP contribution in [-0.4, -0.2) is 45.1 Å². The van der Waals surface area contributed by atoms with E-state index in [-0.39, 0.29) is 12.5 Å². The molecule has 6 heteroatoms. The average molecular weight is 338 g/mol. The third kappa shape index (κ3) is 4.47. The van der Waals surface area contributed by atoms with Gasteiger partial charge < -0.3 is 4.90 Å². The Labute approximate surface area is 139 Å². The van der Waals surface area contributed by atoms with Gasteiger partial charge in [0.05, 0.1) is 11.9 Å². The predicted octanol–water partition coefficient (Wildman–Crippen LogP) is 2.27. The molecule has 128 valence electrons. The van der Waals surface area contributed by atoms with Crippen molar-refractivity contribution < 1.29 is 13.2 Å². The van der Waals surface area contributed by atoms with Crippen LogP contribution in [0.5, 0.6) is 0 Å². The smallest absolute Gasteiger partial charge is 0.243 e. The first-order valence-electron chi connectivity index (χ1n) is 8.16. The number of likely N-dealkylation sites (tertiary alicyclic amines) is 1. The average Bonchev–Trinajstić information content (AvgIpc) is 2.51. The highest BCUT2D eigenvalue weighted by molar-refractivity contribution is 7.92. The van der Waals surface area contributed by atoms with E-state index >= 15 is 0 Å². The van der Waals surface area contributed by atoms with Gasteiger partial charge in [0.2, 0.25) is 15.9 Å². The zero-order chi connectivity index (χ0) is 17.0. The van der Waals surface area contributed by atoms with Gasteiger partial charge >= 0.3 is 0 Å². The van der Waals surface area contributed by atoms with Gasteiger partial charge in [-0.3, -0.25) is 9.10 Å². The molecule has 1 atom stereocenters. The van der Waals surface area contributed by atoms with Crippen molar-refractivity contribution in [2.24, 2.45) is 5.92 Å². The molecule has 0 N–H and O–H groups in total. The summed E-state index contributed by atoms with van der Waals surface area (Å²) in [5.41, 5.74) is 1.54. The maximum absolute atomic E-state index is 12.6. The molecule has 1 aromatic carbocycles. The molecule has 0 aromatic heterocycles. The number of amides is 1. The second kappa shape index (κ2) is 7.34. The molecule has 1 saturated heterocycles. The number of aryl methyl sites for hydroxylation is 1. The molecule has 2 rings (SSSR count). The van der Waals surface area contributed by atoms with Gasteiger partial charge in [0.25, 0.3) is 0 Å². The summed E-state index contributed by atoms with van der Waals surface area (Å²) in [6, 6.07) is 7.37. The van der Waals surface area contributed by atoms with E-state index in [1.807, 2.05) is 19.1 Å². The molecule has 0 radical (unpaired) electrons. The van der Waals surface area contributed by atoms with Gasteiger partial charge in [-0.2, -0.15) is 0 Å². The molecule has 0 bridgehead atoms. The van der Waals surface area contributed by atoms with Crippen LogP contribution in [0.25, 0.3) is 0 Å². The van der Waals surface area contributed by atoms with E-state index in [0.29, 0.717) is 18.2 Å². The van der Waals surface area contributed by atoms with E-state index < -0.39 is 10.0 Å². The molecule has 1 amide bonds. The first-order chi connectivity index (χ1) is 10.8. The number of para-hydroxylation sites is 1. The highest BCUT2D eigenvalue weighted by atomic mass is 32.2. The number of hydrogen-bond donors (Lipinski definition) is 0. The number of piperidine rings is 1. The van der Waals surface area contributed by atoms with Crippen molar-refractivity contribution in [3.8, 4) is 0 Å². The maximum Gasteiger partial charge on any atom is 0.243 e. The second-order valence-electron chi connectivity index (χ2n) is 6.34. The van der Waals surface area contributed by atoms with Crippen LogP contribution in [0.1, 0.15) is 32.3 Å². The maximum atomic E-state index is 12.6. The molecular formula is C17H26N2O3S. The fourth-order valence-electron chi connectivity index (χ4n) is 3.07. The fourth-order valence-corrected chi connectivity index (χ4v) is 3.95. The lowest BCUT2D eigenvalue weighted by molar-refractivity contribution is -0.131. The van der Waals surface area contributed by atoms with Crippen LogP contribution in [0.3, 0.4) is 0 Å². The first kappa shape index (κ1) is 17.8. The van der Waals surface area contributed by atoms with Crippen molar-refractivity contribution in [3.05, 3.63) is 29.8 Å². The van der Waals surface area contributed by atoms with E-state index in [1.165, 1.54) is 4.31 Å². The molecular weight excluding hydrogens is 312 g/mol. The lowest BCUT2D eigenvalue weighted by Crippen LogP contribution is -2.46. The van der Waals surface area contributed by atoms with Crippen molar-refractivity contribution in [2.75, 3.05) is 30.2 Å². The van der Waals surface area contributed by atoms with Crippen molar-refractivity contribution in [2.45, 2.75) is 33.1 Å². The lowest BCUT2D eigenvalue weighted by Gasteiger charge is -2.33. The summed E-state index contributed by atoms with van der Waals surface area (Å²) < 4.78 is 25.7. The summed E-state index contributed by atoms with van der Waals surface area (Å²) in [5.74, 6) is 0.357. The van der Waals surface area contributed by atoms with Crippen LogP contribution >= 0.6 is 0 Å². The van der Waals surface area contributed by atoms with Crippen LogP contribution in [0, 0.1) is 5.92 Å². The SMILES string of the molecule is CCc1ccccc1N(CC(=O)N1CCCC(C)C1)S(C)(=O)=O. The van der Waals surface area contributed by atoms with Gasteiger partial charge in [0.15, 0.2) is 0 Å². The predicted molar refractivity (Wildman–Crippen MR) is 93.0 cm³/mol. The Kier molecular flexibility index (Phi) is 5.68. The van der Waals surface area contributed by atoms with Gasteiger partial charge in [-0.15, -0.1) is 0 Å². The number of hydrogen-bond acceptors (Lipinski definition) is 3. The molecule has 5 nitrogen and oxygen atoms in total. The van der Waals surface area contributed by atoms with Gasteiger partial charge in [-0.05, 0) is 36.8 Å². The second-order valence-corrected chi connectivity index (χ2v) is 8.25. The van der Waals surface area contributed by atoms with Gasteiger partial charge in [-0.1, -0.05) is 32.0 Å². The van der Waals surface area contributed by atoms with E-state index in [1.54, 1.807) is 17.0 Å². The number of sulfonamides is 1. The number of anilines is 1. The quantitative estimate of drug-likeness (QED) is 0.827. The van der Waals surface area contributed by atoms with Crippen LogP contribution in [0.4, 0.5) is 5.69 Å². The van der Waals surface area contributed by atoms with E-state index in [9.17, 15) is 13.2 Å². The summed E-state index contributed by atoms with van der Waals surface area (Å²) in [5, 5.41) is 0. The summed E-state index contributed by atoms with van der Waals surface area (Å²) in [6.07, 6.45) is 3.98. The minimum atomic E-state index is -3.51. The molecule has 0 aliphatic carbocycles. The number of carbonyl (C=O) groups excluding carboxylic acids is 1. The summed E-state index contributed by atoms with van der Waals surface area (Å²) in [6.45, 7) is 5.41. The molecule has 0 saturated carbocycles. The molecule has 1 heterocycles. The minimum absolute atomic E-state index is 0.118. The lowest BCUT2D eigenvalue weighted by atomic mass is 10.0. The molecule has 0 spiro atoms. The van der Waals surface area contributed by atoms with Crippen LogP contribution in [-0.2, 0) is 21.2 Å². The monoisotopic (exact) mass is 338 g/mol. The van der Waals surface area contributed by atoms with Crippen LogP contribution in [0.2, 0.25) is 0 Å². The van der Waals surface area contributed by atoms with E-state index in [2.05, 4.69) is 6.92 Å². The molecule has 1 unspecified atom stereocenters. The standard InChI is InChI=1S/C17H26N2O3S/c1-4-15-9-5-6-10-16(15)19(23(3,21)22)13-17(20)18-11-7-8-14(2)12-18/h5-6,9-10,14H,4,7-8,11-13H2,1-3H3. The summed E-state index contributed by atoms with van der Waals surface area (Å²) in [4.78, 5) is 14.4. The first-order valence-corrected chi connectivity index (χ1v) is 10.0. The van der Waals surface area contributed by atoms with Crippen molar-refractivity contribution in [3.63, 3.8) is 0 Å². The van der Waals surface area contributed by atoms with Crippen molar-refractivity contribution in [1.82, 2.24) is 4.90 Å². The van der Waals surface area contributed by atoms with Gasteiger partial charge in [-0.25, -0.2) is 8.42 Å². The molecule has 1 fully saturated rings. The highest BCUT2D eigenvalue weighted by Gasteiger charge is 2.27. The highest BCUT2D eigenvalue weighted by Crippen LogP contribution is 2.24. The zero-order valence-electron chi connectivity index (χ0n) is 14.2. The number of rotatable bonds is 5. The largest absolute Gasteiger partial charge is 0.341 e. The van der Waals surface area contributed by atoms with Crippen molar-refractivity contribution >= 4 is 21.6 Å². The number of carbonyl (C=O) groups is 1. The van der Waals surface area contributed by atoms with Crippen LogP contribution < -0.4 is 4.31 Å². The Bertz CT molecular complexity index is 658. The molecule has 1 aliphatic rings. The zero-order valence-corrected chi connectivity index (χ0v) is 15.0. The van der Waals surface area contributed by atoms with Gasteiger partial charge in [0.1, 0.15) is 6.54 Å². The Balaban J connectivity index is 2.25. The van der Waals surface area contributed by atoms with Crippen molar-refractivity contribution in [1.29, 1.82) is 0 Å². The third-order valence-electron chi connectivity index (χ3n) is 4.33. The van der Waals surface area contributed by atoms with Gasteiger partial charge in [0, 0.05) is 13.1 Å². The van der Waals surface area contributed by atoms with E-state index in [0.717, 1.165) is 37.6 Å². The Hall–Kier alpha value is -1.56. The number of nitrogens with zero attached hydrogens (tertiary/aromatic N) is 2. The molecule has 1 aromatic rings. The molecule has 1 aliphatic heterocycles. The normalized spacial score (nSPS) is 18.7. The van der Waals surface area contributed by atoms with Crippen LogP contribution in [0.15, 0.2) is 24.3 Å². The Morgan fingerprint density at radius 1 is 1.35 bits per heavy atom. The Morgan fingerprint density at radius 2 is 2.04 bits per heavy atom. The Morgan fingerprint density at radius 3 is 2.65 bits per heavy atom. The number of benzene rings is 1. The minimum Gasteiger partial charge on any atom is -0.341 e. The topological polar surface area (TPSA) is 57.7 Å². The molecule has 23 heavy (non-hydrogen) atoms. The summed E-state index contributed by atoms with van der Waals surface area (Å²) in [7, 11) is -3.51. The third-order valence-corrected chi connectivity index (χ3v) is 5.46. The van der Waals surface area contributed by atoms with E-state index in [4.69, 9.17) is 0 Å². The fraction of sp³-hybridized carbons (Fsp3) is 0.588.